The zero-order chi connectivity index (χ0) is 22.4. The Hall–Kier alpha value is -2.00. The fourth-order valence-corrected chi connectivity index (χ4v) is 5.64. The third kappa shape index (κ3) is 3.83. The highest BCUT2D eigenvalue weighted by Crippen LogP contribution is 2.42. The summed E-state index contributed by atoms with van der Waals surface area (Å²) in [5, 5.41) is 5.01. The van der Waals surface area contributed by atoms with Gasteiger partial charge in [0, 0.05) is 54.3 Å². The minimum absolute atomic E-state index is 0.00933. The number of carbonyl (C=O) groups excluding carboxylic acids is 1. The fraction of sp³-hybridized carbons (Fsp3) is 0.565. The number of halogens is 3. The lowest BCUT2D eigenvalue weighted by Crippen LogP contribution is -2.36. The number of benzene rings is 1. The van der Waals surface area contributed by atoms with Gasteiger partial charge in [-0.1, -0.05) is 15.9 Å². The Morgan fingerprint density at radius 3 is 2.78 bits per heavy atom. The molecular weight excluding hydrogens is 482 g/mol. The predicted octanol–water partition coefficient (Wildman–Crippen LogP) is 5.27. The Morgan fingerprint density at radius 2 is 2.06 bits per heavy atom. The highest BCUT2D eigenvalue weighted by molar-refractivity contribution is 9.10. The second-order valence-electron chi connectivity index (χ2n) is 8.76. The van der Waals surface area contributed by atoms with E-state index in [1.807, 2.05) is 15.6 Å². The lowest BCUT2D eigenvalue weighted by atomic mass is 9.98. The Balaban J connectivity index is 1.62. The smallest absolute Gasteiger partial charge is 0.265 e. The van der Waals surface area contributed by atoms with Crippen molar-refractivity contribution in [3.05, 3.63) is 39.0 Å². The van der Waals surface area contributed by atoms with Gasteiger partial charge in [-0.25, -0.2) is 13.5 Å². The van der Waals surface area contributed by atoms with Gasteiger partial charge in [0.1, 0.15) is 0 Å². The molecule has 2 aromatic rings. The number of fused-ring (bicyclic) bond motifs is 2. The summed E-state index contributed by atoms with van der Waals surface area (Å²) in [6, 6.07) is 3.41. The van der Waals surface area contributed by atoms with E-state index < -0.39 is 6.43 Å². The van der Waals surface area contributed by atoms with Crippen molar-refractivity contribution in [1.82, 2.24) is 14.7 Å². The molecule has 3 aliphatic heterocycles. The van der Waals surface area contributed by atoms with Crippen LogP contribution in [0.1, 0.15) is 67.6 Å². The summed E-state index contributed by atoms with van der Waals surface area (Å²) in [5.41, 5.74) is 3.92. The van der Waals surface area contributed by atoms with Crippen LogP contribution < -0.4 is 4.90 Å². The van der Waals surface area contributed by atoms with Crippen LogP contribution in [-0.4, -0.2) is 40.3 Å². The van der Waals surface area contributed by atoms with Gasteiger partial charge in [0.25, 0.3) is 6.43 Å². The van der Waals surface area contributed by atoms with Crippen LogP contribution >= 0.6 is 15.9 Å². The van der Waals surface area contributed by atoms with E-state index >= 15 is 0 Å². The monoisotopic (exact) mass is 508 g/mol. The van der Waals surface area contributed by atoms with Gasteiger partial charge >= 0.3 is 0 Å². The second kappa shape index (κ2) is 8.74. The Bertz CT molecular complexity index is 1040. The SMILES string of the molecule is CC(=O)N1CCc2c(c(N3CCCc4cc(Br)c(C(F)F)cc43)nn2C2CCCCO2)C1. The molecule has 1 amide bonds. The molecule has 1 atom stereocenters. The number of hydrogen-bond acceptors (Lipinski definition) is 4. The molecule has 1 aromatic heterocycles. The quantitative estimate of drug-likeness (QED) is 0.566. The molecule has 6 nitrogen and oxygen atoms in total. The van der Waals surface area contributed by atoms with Crippen molar-refractivity contribution in [2.75, 3.05) is 24.6 Å². The molecule has 5 rings (SSSR count). The first kappa shape index (κ1) is 21.8. The summed E-state index contributed by atoms with van der Waals surface area (Å²) >= 11 is 3.31. The molecule has 0 N–H and O–H groups in total. The number of rotatable bonds is 3. The summed E-state index contributed by atoms with van der Waals surface area (Å²) in [4.78, 5) is 16.0. The number of aromatic nitrogens is 2. The normalized spacial score (nSPS) is 21.0. The molecule has 1 unspecified atom stereocenters. The number of aryl methyl sites for hydroxylation is 1. The molecule has 0 radical (unpaired) electrons. The molecule has 0 spiro atoms. The Morgan fingerprint density at radius 1 is 1.22 bits per heavy atom. The van der Waals surface area contributed by atoms with Crippen LogP contribution in [-0.2, 0) is 28.9 Å². The van der Waals surface area contributed by atoms with E-state index in [1.54, 1.807) is 13.0 Å². The zero-order valence-electron chi connectivity index (χ0n) is 18.1. The first-order valence-electron chi connectivity index (χ1n) is 11.3. The van der Waals surface area contributed by atoms with E-state index in [2.05, 4.69) is 20.8 Å². The van der Waals surface area contributed by atoms with Gasteiger partial charge in [-0.15, -0.1) is 0 Å². The number of anilines is 2. The zero-order valence-corrected chi connectivity index (χ0v) is 19.7. The molecule has 0 saturated carbocycles. The molecule has 4 heterocycles. The fourth-order valence-electron chi connectivity index (χ4n) is 5.07. The Kier molecular flexibility index (Phi) is 5.96. The van der Waals surface area contributed by atoms with Gasteiger partial charge in [-0.2, -0.15) is 5.10 Å². The maximum Gasteiger partial charge on any atom is 0.265 e. The molecule has 1 fully saturated rings. The summed E-state index contributed by atoms with van der Waals surface area (Å²) in [6.45, 7) is 4.14. The van der Waals surface area contributed by atoms with E-state index in [1.165, 1.54) is 0 Å². The first-order chi connectivity index (χ1) is 15.4. The molecule has 172 valence electrons. The third-order valence-electron chi connectivity index (χ3n) is 6.75. The van der Waals surface area contributed by atoms with Crippen LogP contribution in [0.2, 0.25) is 0 Å². The molecule has 32 heavy (non-hydrogen) atoms. The van der Waals surface area contributed by atoms with Crippen molar-refractivity contribution in [2.45, 2.75) is 64.6 Å². The average molecular weight is 509 g/mol. The molecule has 1 saturated heterocycles. The van der Waals surface area contributed by atoms with Crippen molar-refractivity contribution >= 4 is 33.3 Å². The molecule has 9 heteroatoms. The van der Waals surface area contributed by atoms with Crippen molar-refractivity contribution in [2.24, 2.45) is 0 Å². The van der Waals surface area contributed by atoms with Gasteiger partial charge in [-0.05, 0) is 49.8 Å². The van der Waals surface area contributed by atoms with Crippen LogP contribution in [0.3, 0.4) is 0 Å². The summed E-state index contributed by atoms with van der Waals surface area (Å²) < 4.78 is 35.8. The maximum atomic E-state index is 13.7. The number of alkyl halides is 2. The lowest BCUT2D eigenvalue weighted by Gasteiger charge is -2.33. The number of nitrogens with zero attached hydrogens (tertiary/aromatic N) is 4. The van der Waals surface area contributed by atoms with Gasteiger partial charge in [0.05, 0.1) is 12.2 Å². The van der Waals surface area contributed by atoms with E-state index in [0.717, 1.165) is 60.4 Å². The topological polar surface area (TPSA) is 50.6 Å². The number of ether oxygens (including phenoxy) is 1. The second-order valence-corrected chi connectivity index (χ2v) is 9.62. The summed E-state index contributed by atoms with van der Waals surface area (Å²) in [5.74, 6) is 0.801. The molecule has 0 aliphatic carbocycles. The lowest BCUT2D eigenvalue weighted by molar-refractivity contribution is -0.129. The molecular formula is C23H27BrF2N4O2. The largest absolute Gasteiger partial charge is 0.357 e. The summed E-state index contributed by atoms with van der Waals surface area (Å²) in [6.07, 6.45) is 2.83. The van der Waals surface area contributed by atoms with Gasteiger partial charge in [0.2, 0.25) is 5.91 Å². The van der Waals surface area contributed by atoms with Crippen LogP contribution in [0.25, 0.3) is 0 Å². The minimum atomic E-state index is -2.56. The number of hydrogen-bond donors (Lipinski definition) is 0. The van der Waals surface area contributed by atoms with E-state index in [4.69, 9.17) is 9.84 Å². The van der Waals surface area contributed by atoms with Gasteiger partial charge < -0.3 is 14.5 Å². The Labute approximate surface area is 194 Å². The molecule has 3 aliphatic rings. The van der Waals surface area contributed by atoms with E-state index in [0.29, 0.717) is 37.1 Å². The van der Waals surface area contributed by atoms with Crippen molar-refractivity contribution in [1.29, 1.82) is 0 Å². The van der Waals surface area contributed by atoms with Crippen LogP contribution in [0.5, 0.6) is 0 Å². The van der Waals surface area contributed by atoms with E-state index in [-0.39, 0.29) is 17.7 Å². The third-order valence-corrected chi connectivity index (χ3v) is 7.43. The first-order valence-corrected chi connectivity index (χ1v) is 12.1. The maximum absolute atomic E-state index is 13.7. The standard InChI is InChI=1S/C23H27BrF2N4O2/c1-14(31)28-9-7-19-17(13-28)23(27-30(19)21-6-2-3-10-32-21)29-8-4-5-15-11-18(24)16(22(25)26)12-20(15)29/h11-12,21-22H,2-10,13H2,1H3. The number of carbonyl (C=O) groups is 1. The minimum Gasteiger partial charge on any atom is -0.357 e. The summed E-state index contributed by atoms with van der Waals surface area (Å²) in [7, 11) is 0. The van der Waals surface area contributed by atoms with Crippen molar-refractivity contribution in [3.63, 3.8) is 0 Å². The van der Waals surface area contributed by atoms with Crippen LogP contribution in [0.4, 0.5) is 20.3 Å². The molecule has 0 bridgehead atoms. The highest BCUT2D eigenvalue weighted by Gasteiger charge is 2.34. The van der Waals surface area contributed by atoms with Crippen molar-refractivity contribution in [3.8, 4) is 0 Å². The van der Waals surface area contributed by atoms with E-state index in [9.17, 15) is 13.6 Å². The van der Waals surface area contributed by atoms with Gasteiger partial charge in [0.15, 0.2) is 12.0 Å². The predicted molar refractivity (Wildman–Crippen MR) is 120 cm³/mol. The number of amides is 1. The highest BCUT2D eigenvalue weighted by atomic mass is 79.9. The van der Waals surface area contributed by atoms with Crippen molar-refractivity contribution < 1.29 is 18.3 Å². The average Bonchev–Trinajstić information content (AvgIpc) is 3.17. The van der Waals surface area contributed by atoms with Gasteiger partial charge in [-0.3, -0.25) is 4.79 Å². The van der Waals surface area contributed by atoms with Crippen LogP contribution in [0.15, 0.2) is 16.6 Å². The van der Waals surface area contributed by atoms with Crippen LogP contribution in [0, 0.1) is 0 Å². The molecule has 1 aromatic carbocycles.